The zero-order valence-corrected chi connectivity index (χ0v) is 25.2. The summed E-state index contributed by atoms with van der Waals surface area (Å²) in [5, 5.41) is 21.2. The lowest BCUT2D eigenvalue weighted by atomic mass is 9.67. The fourth-order valence-corrected chi connectivity index (χ4v) is 7.22. The summed E-state index contributed by atoms with van der Waals surface area (Å²) < 4.78 is 7.92. The Morgan fingerprint density at radius 2 is 1.51 bits per heavy atom. The number of nitrogens with two attached hydrogens (primary N) is 1. The summed E-state index contributed by atoms with van der Waals surface area (Å²) in [6.45, 7) is 0.0742. The third-order valence-corrected chi connectivity index (χ3v) is 9.29. The first-order valence-electron chi connectivity index (χ1n) is 14.8. The van der Waals surface area contributed by atoms with E-state index < -0.39 is 5.41 Å². The van der Waals surface area contributed by atoms with E-state index in [1.54, 1.807) is 21.8 Å². The second-order valence-corrected chi connectivity index (χ2v) is 11.8. The SMILES string of the molecule is N#CC1=C(N)Oc2c(c3nc4ccccc4nc3c3ccccc23)C12C(=O)N(Cc1cnnn1-c1ccccc1Cl)c1ccccc12. The van der Waals surface area contributed by atoms with Crippen molar-refractivity contribution in [3.05, 3.63) is 137 Å². The Balaban J connectivity index is 1.36. The van der Waals surface area contributed by atoms with E-state index in [1.807, 2.05) is 91.0 Å². The number of aromatic nitrogens is 5. The molecule has 10 nitrogen and oxygen atoms in total. The van der Waals surface area contributed by atoms with E-state index in [9.17, 15) is 5.26 Å². The molecule has 0 aliphatic carbocycles. The number of ether oxygens (including phenoxy) is 1. The molecule has 224 valence electrons. The van der Waals surface area contributed by atoms with Crippen molar-refractivity contribution in [2.24, 2.45) is 5.73 Å². The number of nitrogens with zero attached hydrogens (tertiary/aromatic N) is 7. The molecule has 2 aromatic heterocycles. The number of rotatable bonds is 3. The minimum absolute atomic E-state index is 0.0192. The summed E-state index contributed by atoms with van der Waals surface area (Å²) in [7, 11) is 0. The lowest BCUT2D eigenvalue weighted by Gasteiger charge is -2.35. The Bertz CT molecular complexity index is 2570. The highest BCUT2D eigenvalue weighted by Gasteiger charge is 2.60. The van der Waals surface area contributed by atoms with Gasteiger partial charge in [-0.3, -0.25) is 4.79 Å². The molecule has 11 heteroatoms. The third kappa shape index (κ3) is 3.57. The Labute approximate surface area is 271 Å². The minimum Gasteiger partial charge on any atom is -0.439 e. The lowest BCUT2D eigenvalue weighted by Crippen LogP contribution is -2.46. The molecular weight excluding hydrogens is 612 g/mol. The topological polar surface area (TPSA) is 136 Å². The molecule has 2 N–H and O–H groups in total. The first-order valence-corrected chi connectivity index (χ1v) is 15.2. The van der Waals surface area contributed by atoms with Crippen LogP contribution in [0.3, 0.4) is 0 Å². The van der Waals surface area contributed by atoms with Crippen molar-refractivity contribution in [2.45, 2.75) is 12.0 Å². The van der Waals surface area contributed by atoms with Crippen LogP contribution in [0.1, 0.15) is 16.8 Å². The molecule has 0 radical (unpaired) electrons. The average molecular weight is 633 g/mol. The van der Waals surface area contributed by atoms with Crippen LogP contribution in [0.25, 0.3) is 38.5 Å². The number of anilines is 1. The van der Waals surface area contributed by atoms with Gasteiger partial charge < -0.3 is 15.4 Å². The van der Waals surface area contributed by atoms with Crippen LogP contribution in [0.4, 0.5) is 5.69 Å². The number of carbonyl (C=O) groups is 1. The molecule has 2 aliphatic heterocycles. The van der Waals surface area contributed by atoms with Crippen molar-refractivity contribution in [3.8, 4) is 17.5 Å². The predicted octanol–water partition coefficient (Wildman–Crippen LogP) is 6.09. The van der Waals surface area contributed by atoms with E-state index in [2.05, 4.69) is 16.4 Å². The number of amides is 1. The van der Waals surface area contributed by atoms with Crippen LogP contribution in [-0.2, 0) is 16.8 Å². The molecular formula is C36H21ClN8O2. The molecule has 4 heterocycles. The van der Waals surface area contributed by atoms with E-state index in [4.69, 9.17) is 32.0 Å². The minimum atomic E-state index is -1.69. The average Bonchev–Trinajstić information content (AvgIpc) is 3.65. The van der Waals surface area contributed by atoms with Gasteiger partial charge in [-0.15, -0.1) is 5.10 Å². The Morgan fingerprint density at radius 1 is 0.851 bits per heavy atom. The van der Waals surface area contributed by atoms with Crippen LogP contribution in [-0.4, -0.2) is 30.9 Å². The number of benzene rings is 5. The van der Waals surface area contributed by atoms with Gasteiger partial charge in [0.25, 0.3) is 0 Å². The zero-order chi connectivity index (χ0) is 31.9. The van der Waals surface area contributed by atoms with E-state index in [0.717, 1.165) is 5.39 Å². The van der Waals surface area contributed by atoms with Crippen LogP contribution in [0.5, 0.6) is 5.75 Å². The van der Waals surface area contributed by atoms with Gasteiger partial charge in [0.2, 0.25) is 11.8 Å². The molecule has 1 atom stereocenters. The van der Waals surface area contributed by atoms with Crippen molar-refractivity contribution < 1.29 is 9.53 Å². The van der Waals surface area contributed by atoms with Gasteiger partial charge in [-0.05, 0) is 30.3 Å². The standard InChI is InChI=1S/C36H21ClN8O2/c37-25-12-4-8-16-29(25)45-20(18-40-43-45)19-44-28-15-7-3-11-23(28)36(35(44)46)24(17-38)34(39)47-33-22-10-2-1-9-21(22)31-32(30(33)36)42-27-14-6-5-13-26(27)41-31/h1-16,18H,19,39H2. The number of halogens is 1. The number of hydrogen-bond donors (Lipinski definition) is 1. The number of nitriles is 1. The Kier molecular flexibility index (Phi) is 5.66. The molecule has 1 spiro atoms. The molecule has 1 amide bonds. The van der Waals surface area contributed by atoms with Gasteiger partial charge in [0.15, 0.2) is 0 Å². The fourth-order valence-electron chi connectivity index (χ4n) is 7.00. The normalized spacial score (nSPS) is 16.9. The molecule has 7 aromatic rings. The molecule has 1 unspecified atom stereocenters. The van der Waals surface area contributed by atoms with Gasteiger partial charge in [0, 0.05) is 27.6 Å². The number of fused-ring (bicyclic) bond motifs is 10. The monoisotopic (exact) mass is 632 g/mol. The van der Waals surface area contributed by atoms with Gasteiger partial charge in [0.05, 0.1) is 51.2 Å². The first-order chi connectivity index (χ1) is 23.0. The number of hydrogen-bond acceptors (Lipinski definition) is 8. The van der Waals surface area contributed by atoms with Crippen LogP contribution < -0.4 is 15.4 Å². The molecule has 5 aromatic carbocycles. The van der Waals surface area contributed by atoms with Crippen LogP contribution in [0.15, 0.2) is 115 Å². The summed E-state index contributed by atoms with van der Waals surface area (Å²) >= 11 is 6.53. The third-order valence-electron chi connectivity index (χ3n) is 8.97. The van der Waals surface area contributed by atoms with Crippen LogP contribution in [0.2, 0.25) is 5.02 Å². The second kappa shape index (κ2) is 9.84. The second-order valence-electron chi connectivity index (χ2n) is 11.4. The molecule has 2 aliphatic rings. The highest BCUT2D eigenvalue weighted by Crippen LogP contribution is 2.58. The van der Waals surface area contributed by atoms with Crippen LogP contribution in [0, 0.1) is 11.3 Å². The molecule has 0 saturated heterocycles. The summed E-state index contributed by atoms with van der Waals surface area (Å²) in [5.74, 6) is -0.172. The fraction of sp³-hybridized carbons (Fsp3) is 0.0556. The first kappa shape index (κ1) is 27.0. The Morgan fingerprint density at radius 3 is 2.28 bits per heavy atom. The summed E-state index contributed by atoms with van der Waals surface area (Å²) in [5.41, 5.74) is 10.1. The maximum absolute atomic E-state index is 15.4. The van der Waals surface area contributed by atoms with Gasteiger partial charge in [-0.25, -0.2) is 14.6 Å². The van der Waals surface area contributed by atoms with E-state index in [1.165, 1.54) is 0 Å². The largest absolute Gasteiger partial charge is 0.439 e. The van der Waals surface area contributed by atoms with Crippen molar-refractivity contribution >= 4 is 56.0 Å². The smallest absolute Gasteiger partial charge is 0.248 e. The number of para-hydroxylation sites is 4. The molecule has 0 bridgehead atoms. The molecule has 0 fully saturated rings. The maximum Gasteiger partial charge on any atom is 0.248 e. The van der Waals surface area contributed by atoms with E-state index >= 15 is 4.79 Å². The van der Waals surface area contributed by atoms with Crippen molar-refractivity contribution in [1.29, 1.82) is 5.26 Å². The van der Waals surface area contributed by atoms with Gasteiger partial charge in [-0.1, -0.05) is 83.5 Å². The summed E-state index contributed by atoms with van der Waals surface area (Å²) in [4.78, 5) is 27.2. The van der Waals surface area contributed by atoms with Crippen molar-refractivity contribution in [2.75, 3.05) is 4.90 Å². The predicted molar refractivity (Wildman–Crippen MR) is 177 cm³/mol. The highest BCUT2D eigenvalue weighted by molar-refractivity contribution is 6.32. The lowest BCUT2D eigenvalue weighted by molar-refractivity contribution is -0.121. The molecule has 47 heavy (non-hydrogen) atoms. The zero-order valence-electron chi connectivity index (χ0n) is 24.4. The van der Waals surface area contributed by atoms with Gasteiger partial charge >= 0.3 is 0 Å². The van der Waals surface area contributed by atoms with Crippen molar-refractivity contribution in [1.82, 2.24) is 25.0 Å². The quantitative estimate of drug-likeness (QED) is 0.183. The maximum atomic E-state index is 15.4. The van der Waals surface area contributed by atoms with E-state index in [0.29, 0.717) is 66.4 Å². The molecule has 9 rings (SSSR count). The summed E-state index contributed by atoms with van der Waals surface area (Å²) in [6, 6.07) is 32.1. The van der Waals surface area contributed by atoms with Gasteiger partial charge in [0.1, 0.15) is 22.8 Å². The molecule has 0 saturated carbocycles. The number of carbonyl (C=O) groups excluding carboxylic acids is 1. The van der Waals surface area contributed by atoms with Crippen LogP contribution >= 0.6 is 11.6 Å². The van der Waals surface area contributed by atoms with E-state index in [-0.39, 0.29) is 23.9 Å². The van der Waals surface area contributed by atoms with Gasteiger partial charge in [-0.2, -0.15) is 5.26 Å². The Hall–Kier alpha value is -6.31. The summed E-state index contributed by atoms with van der Waals surface area (Å²) in [6.07, 6.45) is 1.60. The van der Waals surface area contributed by atoms with Crippen molar-refractivity contribution in [3.63, 3.8) is 0 Å². The highest BCUT2D eigenvalue weighted by atomic mass is 35.5.